The molecule has 0 amide bonds. The van der Waals surface area contributed by atoms with Gasteiger partial charge in [0.15, 0.2) is 0 Å². The van der Waals surface area contributed by atoms with Gasteiger partial charge in [-0.25, -0.2) is 4.98 Å². The van der Waals surface area contributed by atoms with Gasteiger partial charge in [-0.1, -0.05) is 97.8 Å². The molecule has 3 heteroatoms. The molecule has 0 saturated carbocycles. The largest absolute Gasteiger partial charge is 0.381 e. The smallest absolute Gasteiger partial charge is 0.0945 e. The van der Waals surface area contributed by atoms with Crippen molar-refractivity contribution in [1.82, 2.24) is 9.55 Å². The first-order valence-electron chi connectivity index (χ1n) is 12.6. The predicted octanol–water partition coefficient (Wildman–Crippen LogP) is 8.19. The van der Waals surface area contributed by atoms with Gasteiger partial charge in [-0.3, -0.25) is 0 Å². The lowest BCUT2D eigenvalue weighted by atomic mass is 9.91. The Morgan fingerprint density at radius 2 is 1.14 bits per heavy atom. The lowest BCUT2D eigenvalue weighted by molar-refractivity contribution is 0.118. The van der Waals surface area contributed by atoms with Crippen molar-refractivity contribution >= 4 is 0 Å². The van der Waals surface area contributed by atoms with E-state index in [9.17, 15) is 0 Å². The van der Waals surface area contributed by atoms with Crippen molar-refractivity contribution in [2.45, 2.75) is 130 Å². The van der Waals surface area contributed by atoms with Crippen LogP contribution in [-0.2, 0) is 11.3 Å². The van der Waals surface area contributed by atoms with Crippen molar-refractivity contribution in [3.8, 4) is 0 Å². The van der Waals surface area contributed by atoms with Crippen LogP contribution in [0.1, 0.15) is 124 Å². The summed E-state index contributed by atoms with van der Waals surface area (Å²) in [6, 6.07) is 0. The molecule has 0 aromatic carbocycles. The minimum absolute atomic E-state index is 0.449. The first kappa shape index (κ1) is 26.2. The van der Waals surface area contributed by atoms with E-state index in [-0.39, 0.29) is 0 Å². The summed E-state index contributed by atoms with van der Waals surface area (Å²) in [4.78, 5) is 4.09. The second kappa shape index (κ2) is 18.0. The summed E-state index contributed by atoms with van der Waals surface area (Å²) in [5, 5.41) is 0. The Balaban J connectivity index is 1.66. The molecule has 0 aliphatic rings. The average molecular weight is 407 g/mol. The Morgan fingerprint density at radius 3 is 1.62 bits per heavy atom. The summed E-state index contributed by atoms with van der Waals surface area (Å²) >= 11 is 0. The van der Waals surface area contributed by atoms with Gasteiger partial charge in [-0.05, 0) is 31.1 Å². The normalized spacial score (nSPS) is 12.0. The number of unbranched alkanes of at least 4 members (excludes halogenated alkanes) is 13. The fourth-order valence-corrected chi connectivity index (χ4v) is 3.85. The van der Waals surface area contributed by atoms with Crippen LogP contribution in [0, 0.1) is 5.41 Å². The minimum Gasteiger partial charge on any atom is -0.381 e. The molecule has 1 rings (SSSR count). The highest BCUT2D eigenvalue weighted by Gasteiger charge is 2.08. The molecule has 1 heterocycles. The molecule has 0 aliphatic carbocycles. The first-order valence-corrected chi connectivity index (χ1v) is 12.6. The van der Waals surface area contributed by atoms with E-state index in [0.717, 1.165) is 19.8 Å². The quantitative estimate of drug-likeness (QED) is 0.204. The molecule has 0 bridgehead atoms. The van der Waals surface area contributed by atoms with Crippen LogP contribution in [0.4, 0.5) is 0 Å². The highest BCUT2D eigenvalue weighted by molar-refractivity contribution is 4.73. The molecule has 0 radical (unpaired) electrons. The lowest BCUT2D eigenvalue weighted by Gasteiger charge is -2.17. The summed E-state index contributed by atoms with van der Waals surface area (Å²) in [5.74, 6) is 0. The van der Waals surface area contributed by atoms with Crippen LogP contribution in [0.25, 0.3) is 0 Å². The Kier molecular flexibility index (Phi) is 16.2. The van der Waals surface area contributed by atoms with E-state index in [2.05, 4.69) is 36.5 Å². The number of imidazole rings is 1. The number of rotatable bonds is 20. The van der Waals surface area contributed by atoms with E-state index in [1.165, 1.54) is 103 Å². The van der Waals surface area contributed by atoms with Crippen molar-refractivity contribution in [1.29, 1.82) is 0 Å². The third-order valence-corrected chi connectivity index (χ3v) is 5.73. The van der Waals surface area contributed by atoms with E-state index in [0.29, 0.717) is 5.41 Å². The first-order chi connectivity index (χ1) is 14.1. The molecule has 0 atom stereocenters. The maximum atomic E-state index is 5.76. The van der Waals surface area contributed by atoms with E-state index in [1.54, 1.807) is 0 Å². The zero-order valence-corrected chi connectivity index (χ0v) is 20.0. The minimum atomic E-state index is 0.449. The van der Waals surface area contributed by atoms with Crippen LogP contribution < -0.4 is 0 Å². The fraction of sp³-hybridized carbons (Fsp3) is 0.885. The SMILES string of the molecule is CC(C)(C)CCCOCCCCCCCCCCCCCCCCn1ccnc1. The monoisotopic (exact) mass is 406 g/mol. The third kappa shape index (κ3) is 18.9. The van der Waals surface area contributed by atoms with Gasteiger partial charge in [0.1, 0.15) is 0 Å². The van der Waals surface area contributed by atoms with Gasteiger partial charge in [0.2, 0.25) is 0 Å². The standard InChI is InChI=1S/C26H50N2O/c1-26(2,3)19-18-24-29-23-17-15-13-11-9-7-5-4-6-8-10-12-14-16-21-28-22-20-27-25-28/h20,22,25H,4-19,21,23-24H2,1-3H3. The number of ether oxygens (including phenoxy) is 1. The molecule has 1 aromatic heterocycles. The van der Waals surface area contributed by atoms with E-state index < -0.39 is 0 Å². The summed E-state index contributed by atoms with van der Waals surface area (Å²) in [7, 11) is 0. The molecule has 170 valence electrons. The van der Waals surface area contributed by atoms with Crippen molar-refractivity contribution in [3.05, 3.63) is 18.7 Å². The van der Waals surface area contributed by atoms with Gasteiger partial charge in [0.25, 0.3) is 0 Å². The molecule has 1 aromatic rings. The lowest BCUT2D eigenvalue weighted by Crippen LogP contribution is -2.07. The summed E-state index contributed by atoms with van der Waals surface area (Å²) in [6.07, 6.45) is 27.8. The summed E-state index contributed by atoms with van der Waals surface area (Å²) in [5.41, 5.74) is 0.449. The van der Waals surface area contributed by atoms with E-state index in [1.807, 2.05) is 12.5 Å². The predicted molar refractivity (Wildman–Crippen MR) is 126 cm³/mol. The van der Waals surface area contributed by atoms with Crippen molar-refractivity contribution in [2.75, 3.05) is 13.2 Å². The summed E-state index contributed by atoms with van der Waals surface area (Å²) in [6.45, 7) is 9.96. The number of aryl methyl sites for hydroxylation is 1. The second-order valence-corrected chi connectivity index (χ2v) is 10.0. The van der Waals surface area contributed by atoms with Gasteiger partial charge in [0.05, 0.1) is 6.33 Å². The van der Waals surface area contributed by atoms with Crippen molar-refractivity contribution in [3.63, 3.8) is 0 Å². The molecule has 0 aliphatic heterocycles. The average Bonchev–Trinajstić information content (AvgIpc) is 3.19. The maximum Gasteiger partial charge on any atom is 0.0945 e. The van der Waals surface area contributed by atoms with Gasteiger partial charge < -0.3 is 9.30 Å². The Hall–Kier alpha value is -0.830. The van der Waals surface area contributed by atoms with E-state index >= 15 is 0 Å². The van der Waals surface area contributed by atoms with Gasteiger partial charge in [0, 0.05) is 32.2 Å². The zero-order chi connectivity index (χ0) is 21.0. The van der Waals surface area contributed by atoms with Crippen LogP contribution in [0.2, 0.25) is 0 Å². The van der Waals surface area contributed by atoms with Crippen LogP contribution in [0.15, 0.2) is 18.7 Å². The molecule has 0 unspecified atom stereocenters. The van der Waals surface area contributed by atoms with Gasteiger partial charge >= 0.3 is 0 Å². The van der Waals surface area contributed by atoms with Crippen LogP contribution >= 0.6 is 0 Å². The zero-order valence-electron chi connectivity index (χ0n) is 20.0. The highest BCUT2D eigenvalue weighted by Crippen LogP contribution is 2.20. The molecule has 0 saturated heterocycles. The second-order valence-electron chi connectivity index (χ2n) is 10.0. The van der Waals surface area contributed by atoms with E-state index in [4.69, 9.17) is 4.74 Å². The topological polar surface area (TPSA) is 27.1 Å². The van der Waals surface area contributed by atoms with Crippen LogP contribution in [-0.4, -0.2) is 22.8 Å². The van der Waals surface area contributed by atoms with Crippen molar-refractivity contribution in [2.24, 2.45) is 5.41 Å². The Bertz CT molecular complexity index is 436. The maximum absolute atomic E-state index is 5.76. The molecule has 3 nitrogen and oxygen atoms in total. The van der Waals surface area contributed by atoms with Crippen LogP contribution in [0.5, 0.6) is 0 Å². The third-order valence-electron chi connectivity index (χ3n) is 5.73. The Labute approximate surface area is 182 Å². The molecule has 0 fully saturated rings. The number of hydrogen-bond acceptors (Lipinski definition) is 2. The molecular weight excluding hydrogens is 356 g/mol. The fourth-order valence-electron chi connectivity index (χ4n) is 3.85. The molecule has 0 spiro atoms. The molecule has 0 N–H and O–H groups in total. The Morgan fingerprint density at radius 1 is 0.655 bits per heavy atom. The van der Waals surface area contributed by atoms with Gasteiger partial charge in [-0.2, -0.15) is 0 Å². The number of hydrogen-bond donors (Lipinski definition) is 0. The van der Waals surface area contributed by atoms with Gasteiger partial charge in [-0.15, -0.1) is 0 Å². The summed E-state index contributed by atoms with van der Waals surface area (Å²) < 4.78 is 7.94. The van der Waals surface area contributed by atoms with Crippen LogP contribution in [0.3, 0.4) is 0 Å². The van der Waals surface area contributed by atoms with Crippen molar-refractivity contribution < 1.29 is 4.74 Å². The number of nitrogens with zero attached hydrogens (tertiary/aromatic N) is 2. The highest BCUT2D eigenvalue weighted by atomic mass is 16.5. The number of aromatic nitrogens is 2. The molecule has 29 heavy (non-hydrogen) atoms. The molecular formula is C26H50N2O.